The van der Waals surface area contributed by atoms with Gasteiger partial charge in [0.15, 0.2) is 0 Å². The van der Waals surface area contributed by atoms with E-state index in [2.05, 4.69) is 66.7 Å². The Kier molecular flexibility index (Phi) is 4.86. The third-order valence-electron chi connectivity index (χ3n) is 5.42. The van der Waals surface area contributed by atoms with Crippen LogP contribution in [-0.2, 0) is 15.9 Å². The fourth-order valence-electron chi connectivity index (χ4n) is 3.89. The average Bonchev–Trinajstić information content (AvgIpc) is 3.49. The maximum absolute atomic E-state index is 5.85. The third-order valence-corrected chi connectivity index (χ3v) is 5.42. The maximum Gasteiger partial charge on any atom is 0.119 e. The van der Waals surface area contributed by atoms with Crippen molar-refractivity contribution in [2.45, 2.75) is 18.9 Å². The minimum absolute atomic E-state index is 0.334. The summed E-state index contributed by atoms with van der Waals surface area (Å²) < 4.78 is 16.5. The molecule has 142 valence electrons. The highest BCUT2D eigenvalue weighted by molar-refractivity contribution is 5.84. The highest BCUT2D eigenvalue weighted by Gasteiger charge is 2.22. The molecule has 1 aliphatic heterocycles. The lowest BCUT2D eigenvalue weighted by Crippen LogP contribution is -2.06. The van der Waals surface area contributed by atoms with Gasteiger partial charge in [-0.25, -0.2) is 0 Å². The lowest BCUT2D eigenvalue weighted by molar-refractivity contribution is 0.104. The van der Waals surface area contributed by atoms with Gasteiger partial charge in [-0.3, -0.25) is 0 Å². The first-order valence-electron chi connectivity index (χ1n) is 10.0. The topological polar surface area (TPSA) is 31.0 Å². The van der Waals surface area contributed by atoms with E-state index in [0.29, 0.717) is 25.9 Å². The van der Waals surface area contributed by atoms with Crippen LogP contribution in [0, 0.1) is 0 Å². The number of fused-ring (bicyclic) bond motifs is 3. The molecule has 3 nitrogen and oxygen atoms in total. The predicted molar refractivity (Wildman–Crippen MR) is 111 cm³/mol. The van der Waals surface area contributed by atoms with Crippen molar-refractivity contribution in [3.05, 3.63) is 77.9 Å². The molecule has 3 heteroatoms. The molecule has 1 atom stereocenters. The number of epoxide rings is 1. The Hall–Kier alpha value is -2.62. The molecule has 1 heterocycles. The molecule has 1 fully saturated rings. The second-order valence-corrected chi connectivity index (χ2v) is 7.42. The average molecular weight is 372 g/mol. The summed E-state index contributed by atoms with van der Waals surface area (Å²) in [7, 11) is 0. The molecule has 0 aromatic heterocycles. The van der Waals surface area contributed by atoms with Crippen molar-refractivity contribution in [3.8, 4) is 28.0 Å². The molecule has 3 aromatic carbocycles. The van der Waals surface area contributed by atoms with E-state index in [0.717, 1.165) is 25.2 Å². The third kappa shape index (κ3) is 3.68. The van der Waals surface area contributed by atoms with E-state index in [1.54, 1.807) is 0 Å². The second kappa shape index (κ2) is 7.78. The number of rotatable bonds is 8. The summed E-state index contributed by atoms with van der Waals surface area (Å²) in [5.41, 5.74) is 8.13. The molecular weight excluding hydrogens is 348 g/mol. The van der Waals surface area contributed by atoms with Gasteiger partial charge < -0.3 is 14.2 Å². The van der Waals surface area contributed by atoms with Gasteiger partial charge in [0, 0.05) is 13.0 Å². The number of benzene rings is 3. The molecule has 0 spiro atoms. The van der Waals surface area contributed by atoms with Crippen LogP contribution in [0.3, 0.4) is 0 Å². The van der Waals surface area contributed by atoms with Gasteiger partial charge in [-0.15, -0.1) is 0 Å². The second-order valence-electron chi connectivity index (χ2n) is 7.42. The predicted octanol–water partition coefficient (Wildman–Crippen LogP) is 5.11. The molecule has 0 saturated carbocycles. The Morgan fingerprint density at radius 1 is 0.821 bits per heavy atom. The first-order chi connectivity index (χ1) is 13.9. The molecule has 1 aliphatic carbocycles. The first kappa shape index (κ1) is 17.5. The van der Waals surface area contributed by atoms with Gasteiger partial charge >= 0.3 is 0 Å². The van der Waals surface area contributed by atoms with Gasteiger partial charge in [-0.05, 0) is 51.9 Å². The molecule has 0 radical (unpaired) electrons. The van der Waals surface area contributed by atoms with Gasteiger partial charge in [-0.2, -0.15) is 0 Å². The maximum atomic E-state index is 5.85. The van der Waals surface area contributed by atoms with Crippen LogP contribution in [0.2, 0.25) is 0 Å². The minimum Gasteiger partial charge on any atom is -0.494 e. The Bertz CT molecular complexity index is 958. The lowest BCUT2D eigenvalue weighted by Gasteiger charge is -2.11. The molecule has 0 amide bonds. The van der Waals surface area contributed by atoms with Crippen molar-refractivity contribution >= 4 is 0 Å². The van der Waals surface area contributed by atoms with E-state index in [-0.39, 0.29) is 0 Å². The Balaban J connectivity index is 1.23. The Morgan fingerprint density at radius 3 is 2.46 bits per heavy atom. The van der Waals surface area contributed by atoms with Crippen LogP contribution < -0.4 is 4.74 Å². The van der Waals surface area contributed by atoms with Crippen LogP contribution >= 0.6 is 0 Å². The van der Waals surface area contributed by atoms with Crippen LogP contribution in [0.4, 0.5) is 0 Å². The molecule has 5 rings (SSSR count). The van der Waals surface area contributed by atoms with Gasteiger partial charge in [0.1, 0.15) is 11.9 Å². The molecule has 0 bridgehead atoms. The molecule has 1 unspecified atom stereocenters. The van der Waals surface area contributed by atoms with Crippen molar-refractivity contribution in [2.24, 2.45) is 0 Å². The lowest BCUT2D eigenvalue weighted by atomic mass is 9.96. The van der Waals surface area contributed by atoms with E-state index in [9.17, 15) is 0 Å². The van der Waals surface area contributed by atoms with Crippen molar-refractivity contribution in [1.82, 2.24) is 0 Å². The molecule has 0 N–H and O–H groups in total. The highest BCUT2D eigenvalue weighted by Crippen LogP contribution is 2.41. The summed E-state index contributed by atoms with van der Waals surface area (Å²) in [6, 6.07) is 23.8. The van der Waals surface area contributed by atoms with Crippen LogP contribution in [0.25, 0.3) is 22.3 Å². The summed E-state index contributed by atoms with van der Waals surface area (Å²) in [6.07, 6.45) is 2.23. The fourth-order valence-corrected chi connectivity index (χ4v) is 3.89. The zero-order chi connectivity index (χ0) is 18.8. The van der Waals surface area contributed by atoms with Gasteiger partial charge in [0.25, 0.3) is 0 Å². The van der Waals surface area contributed by atoms with E-state index in [1.165, 1.54) is 33.4 Å². The van der Waals surface area contributed by atoms with Gasteiger partial charge in [0.05, 0.1) is 19.8 Å². The number of ether oxygens (including phenoxy) is 3. The van der Waals surface area contributed by atoms with Gasteiger partial charge in [0.2, 0.25) is 0 Å². The fraction of sp³-hybridized carbons (Fsp3) is 0.280. The summed E-state index contributed by atoms with van der Waals surface area (Å²) >= 11 is 0. The van der Waals surface area contributed by atoms with E-state index in [4.69, 9.17) is 14.2 Å². The van der Waals surface area contributed by atoms with Crippen LogP contribution in [0.1, 0.15) is 17.5 Å². The van der Waals surface area contributed by atoms with Gasteiger partial charge in [-0.1, -0.05) is 54.6 Å². The quantitative estimate of drug-likeness (QED) is 0.318. The highest BCUT2D eigenvalue weighted by atomic mass is 16.6. The zero-order valence-corrected chi connectivity index (χ0v) is 15.9. The summed E-state index contributed by atoms with van der Waals surface area (Å²) in [4.78, 5) is 0. The van der Waals surface area contributed by atoms with Crippen molar-refractivity contribution in [2.75, 3.05) is 26.4 Å². The van der Waals surface area contributed by atoms with Crippen LogP contribution in [0.15, 0.2) is 66.7 Å². The Labute approximate surface area is 165 Å². The van der Waals surface area contributed by atoms with Crippen molar-refractivity contribution in [1.29, 1.82) is 0 Å². The summed E-state index contributed by atoms with van der Waals surface area (Å²) in [5, 5.41) is 0. The SMILES string of the molecule is c1ccc2c(c1)Cc1c(-c3ccc(OCCCOCC4CO4)cc3)cccc1-2. The molecule has 1 saturated heterocycles. The molecule has 3 aromatic rings. The summed E-state index contributed by atoms with van der Waals surface area (Å²) in [5.74, 6) is 0.908. The van der Waals surface area contributed by atoms with Crippen LogP contribution in [0.5, 0.6) is 5.75 Å². The van der Waals surface area contributed by atoms with E-state index < -0.39 is 0 Å². The summed E-state index contributed by atoms with van der Waals surface area (Å²) in [6.45, 7) is 2.94. The first-order valence-corrected chi connectivity index (χ1v) is 10.0. The van der Waals surface area contributed by atoms with E-state index >= 15 is 0 Å². The minimum atomic E-state index is 0.334. The Morgan fingerprint density at radius 2 is 1.61 bits per heavy atom. The zero-order valence-electron chi connectivity index (χ0n) is 15.9. The normalized spacial score (nSPS) is 16.5. The number of hydrogen-bond donors (Lipinski definition) is 0. The van der Waals surface area contributed by atoms with Crippen molar-refractivity contribution < 1.29 is 14.2 Å². The standard InChI is InChI=1S/C25H24O3/c1-2-6-23-19(5-1)15-25-22(7-3-8-24(23)25)18-9-11-20(12-10-18)27-14-4-13-26-16-21-17-28-21/h1-3,5-12,21H,4,13-17H2. The molecular formula is C25H24O3. The smallest absolute Gasteiger partial charge is 0.119 e. The largest absolute Gasteiger partial charge is 0.494 e. The van der Waals surface area contributed by atoms with E-state index in [1.807, 2.05) is 0 Å². The number of hydrogen-bond acceptors (Lipinski definition) is 3. The van der Waals surface area contributed by atoms with Crippen molar-refractivity contribution in [3.63, 3.8) is 0 Å². The molecule has 28 heavy (non-hydrogen) atoms. The molecule has 2 aliphatic rings. The van der Waals surface area contributed by atoms with Crippen LogP contribution in [-0.4, -0.2) is 32.5 Å². The monoisotopic (exact) mass is 372 g/mol.